The van der Waals surface area contributed by atoms with Gasteiger partial charge in [0.2, 0.25) is 0 Å². The van der Waals surface area contributed by atoms with Gasteiger partial charge in [0.05, 0.1) is 6.61 Å². The van der Waals surface area contributed by atoms with Gasteiger partial charge in [0.1, 0.15) is 6.04 Å². The van der Waals surface area contributed by atoms with E-state index in [1.54, 1.807) is 37.3 Å². The smallest absolute Gasteiger partial charge is 0.464 e. The lowest BCUT2D eigenvalue weighted by Gasteiger charge is -2.16. The van der Waals surface area contributed by atoms with E-state index in [2.05, 4.69) is 9.73 Å². The average Bonchev–Trinajstić information content (AvgIpc) is 3.01. The van der Waals surface area contributed by atoms with Gasteiger partial charge in [0.25, 0.3) is 5.91 Å². The highest BCUT2D eigenvalue weighted by Crippen LogP contribution is 2.13. The summed E-state index contributed by atoms with van der Waals surface area (Å²) in [6.07, 6.45) is 0. The topological polar surface area (TPSA) is 125 Å². The third kappa shape index (κ3) is 6.31. The Morgan fingerprint density at radius 1 is 1.14 bits per heavy atom. The normalized spacial score (nSPS) is 11.5. The molecule has 0 aliphatic heterocycles. The molecule has 0 aliphatic rings. The Kier molecular flexibility index (Phi) is 7.88. The highest BCUT2D eigenvalue weighted by Gasteiger charge is 2.24. The van der Waals surface area contributed by atoms with Gasteiger partial charge in [-0.05, 0) is 37.7 Å². The summed E-state index contributed by atoms with van der Waals surface area (Å²) < 4.78 is 19.3. The fraction of sp³-hybridized carbons (Fsp3) is 0.333. The molecule has 2 rings (SSSR count). The van der Waals surface area contributed by atoms with Gasteiger partial charge in [0, 0.05) is 11.3 Å². The van der Waals surface area contributed by atoms with E-state index in [-0.39, 0.29) is 30.5 Å². The van der Waals surface area contributed by atoms with Gasteiger partial charge in [-0.2, -0.15) is 0 Å². The second-order valence-electron chi connectivity index (χ2n) is 5.43. The van der Waals surface area contributed by atoms with Crippen LogP contribution in [0.5, 0.6) is 0 Å². The lowest BCUT2D eigenvalue weighted by Crippen LogP contribution is -2.43. The van der Waals surface area contributed by atoms with Crippen molar-refractivity contribution in [3.05, 3.63) is 58.0 Å². The Labute approximate surface area is 164 Å². The minimum absolute atomic E-state index is 0.0927. The van der Waals surface area contributed by atoms with Gasteiger partial charge in [-0.25, -0.2) is 14.4 Å². The van der Waals surface area contributed by atoms with Gasteiger partial charge < -0.3 is 23.6 Å². The SMILES string of the molecule is CCOC(=O)[C@H](CSC(=O)OCc1oc(=O)oc1C)NC(=O)c1ccccc1. The van der Waals surface area contributed by atoms with Crippen molar-refractivity contribution in [3.63, 3.8) is 0 Å². The standard InChI is InChI=1S/C18H19NO8S/c1-3-24-16(21)13(19-15(20)12-7-5-4-6-8-12)10-28-18(23)25-9-14-11(2)26-17(22)27-14/h4-8,13H,3,9-10H2,1-2H3,(H,19,20)/t13-/m0/s1. The van der Waals surface area contributed by atoms with Crippen molar-refractivity contribution in [2.75, 3.05) is 12.4 Å². The molecule has 1 N–H and O–H groups in total. The number of thioether (sulfide) groups is 1. The summed E-state index contributed by atoms with van der Waals surface area (Å²) in [6.45, 7) is 2.97. The van der Waals surface area contributed by atoms with Crippen LogP contribution in [0.25, 0.3) is 0 Å². The summed E-state index contributed by atoms with van der Waals surface area (Å²) in [5.41, 5.74) is 0.370. The fourth-order valence-electron chi connectivity index (χ4n) is 2.07. The second-order valence-corrected chi connectivity index (χ2v) is 6.38. The average molecular weight is 409 g/mol. The number of benzene rings is 1. The van der Waals surface area contributed by atoms with Crippen molar-refractivity contribution in [1.82, 2.24) is 5.32 Å². The van der Waals surface area contributed by atoms with Crippen molar-refractivity contribution in [2.45, 2.75) is 26.5 Å². The van der Waals surface area contributed by atoms with Crippen LogP contribution in [0.15, 0.2) is 44.0 Å². The maximum absolute atomic E-state index is 12.3. The molecule has 0 unspecified atom stereocenters. The molecule has 0 fully saturated rings. The molecule has 28 heavy (non-hydrogen) atoms. The second kappa shape index (κ2) is 10.4. The van der Waals surface area contributed by atoms with Gasteiger partial charge in [0.15, 0.2) is 18.1 Å². The first-order valence-electron chi connectivity index (χ1n) is 8.32. The molecule has 1 aromatic heterocycles. The molecule has 9 nitrogen and oxygen atoms in total. The lowest BCUT2D eigenvalue weighted by molar-refractivity contribution is -0.144. The summed E-state index contributed by atoms with van der Waals surface area (Å²) in [7, 11) is 0. The first kappa shape index (κ1) is 21.3. The molecule has 1 aromatic carbocycles. The van der Waals surface area contributed by atoms with Crippen molar-refractivity contribution < 1.29 is 32.7 Å². The molecule has 0 spiro atoms. The molecule has 0 radical (unpaired) electrons. The van der Waals surface area contributed by atoms with Crippen molar-refractivity contribution in [1.29, 1.82) is 0 Å². The molecule has 1 atom stereocenters. The van der Waals surface area contributed by atoms with Crippen LogP contribution in [0.2, 0.25) is 0 Å². The van der Waals surface area contributed by atoms with Crippen LogP contribution in [0.3, 0.4) is 0 Å². The van der Waals surface area contributed by atoms with Gasteiger partial charge in [-0.15, -0.1) is 0 Å². The molecule has 1 heterocycles. The summed E-state index contributed by atoms with van der Waals surface area (Å²) in [6, 6.07) is 7.29. The number of carbonyl (C=O) groups excluding carboxylic acids is 3. The minimum Gasteiger partial charge on any atom is -0.464 e. The van der Waals surface area contributed by atoms with E-state index in [0.717, 1.165) is 0 Å². The summed E-state index contributed by atoms with van der Waals surface area (Å²) in [5.74, 6) is -1.81. The van der Waals surface area contributed by atoms with Crippen molar-refractivity contribution in [2.24, 2.45) is 0 Å². The van der Waals surface area contributed by atoms with E-state index < -0.39 is 29.0 Å². The number of hydrogen-bond donors (Lipinski definition) is 1. The van der Waals surface area contributed by atoms with E-state index >= 15 is 0 Å². The number of nitrogens with one attached hydrogen (secondary N) is 1. The molecule has 0 aliphatic carbocycles. The van der Waals surface area contributed by atoms with Crippen LogP contribution in [-0.2, 0) is 20.9 Å². The van der Waals surface area contributed by atoms with Gasteiger partial charge in [-0.3, -0.25) is 4.79 Å². The minimum atomic E-state index is -1.04. The Hall–Kier alpha value is -3.01. The molecule has 0 saturated carbocycles. The first-order valence-corrected chi connectivity index (χ1v) is 9.30. The highest BCUT2D eigenvalue weighted by molar-refractivity contribution is 8.13. The third-order valence-corrected chi connectivity index (χ3v) is 4.29. The Balaban J connectivity index is 1.91. The number of hydrogen-bond acceptors (Lipinski definition) is 9. The Morgan fingerprint density at radius 3 is 2.46 bits per heavy atom. The number of amides is 1. The molecule has 2 aromatic rings. The van der Waals surface area contributed by atoms with E-state index in [1.165, 1.54) is 6.92 Å². The Morgan fingerprint density at radius 2 is 1.86 bits per heavy atom. The summed E-state index contributed by atoms with van der Waals surface area (Å²) >= 11 is 0.681. The van der Waals surface area contributed by atoms with Crippen LogP contribution in [0.4, 0.5) is 4.79 Å². The molecular formula is C18H19NO8S. The molecule has 0 bridgehead atoms. The number of rotatable bonds is 8. The third-order valence-electron chi connectivity index (χ3n) is 3.44. The predicted octanol–water partition coefficient (Wildman–Crippen LogP) is 2.27. The monoisotopic (exact) mass is 409 g/mol. The summed E-state index contributed by atoms with van der Waals surface area (Å²) in [5, 5.41) is 1.83. The maximum atomic E-state index is 12.3. The van der Waals surface area contributed by atoms with E-state index in [1.807, 2.05) is 0 Å². The first-order chi connectivity index (χ1) is 13.4. The van der Waals surface area contributed by atoms with Crippen LogP contribution in [0, 0.1) is 6.92 Å². The molecule has 10 heteroatoms. The van der Waals surface area contributed by atoms with E-state index in [0.29, 0.717) is 17.3 Å². The summed E-state index contributed by atoms with van der Waals surface area (Å²) in [4.78, 5) is 47.2. The zero-order valence-electron chi connectivity index (χ0n) is 15.3. The fourth-order valence-corrected chi connectivity index (χ4v) is 2.73. The van der Waals surface area contributed by atoms with Gasteiger partial charge in [-0.1, -0.05) is 18.2 Å². The lowest BCUT2D eigenvalue weighted by atomic mass is 10.2. The van der Waals surface area contributed by atoms with Crippen LogP contribution in [-0.4, -0.2) is 35.6 Å². The molecule has 150 valence electrons. The molecular weight excluding hydrogens is 390 g/mol. The maximum Gasteiger partial charge on any atom is 0.519 e. The highest BCUT2D eigenvalue weighted by atomic mass is 32.2. The van der Waals surface area contributed by atoms with E-state index in [4.69, 9.17) is 13.9 Å². The number of carbonyl (C=O) groups is 3. The number of aryl methyl sites for hydroxylation is 1. The zero-order chi connectivity index (χ0) is 20.5. The largest absolute Gasteiger partial charge is 0.519 e. The molecule has 0 saturated heterocycles. The number of ether oxygens (including phenoxy) is 2. The van der Waals surface area contributed by atoms with Crippen molar-refractivity contribution in [3.8, 4) is 0 Å². The van der Waals surface area contributed by atoms with Gasteiger partial charge >= 0.3 is 17.1 Å². The quantitative estimate of drug-likeness (QED) is 0.654. The van der Waals surface area contributed by atoms with Crippen LogP contribution >= 0.6 is 11.8 Å². The molecule has 1 amide bonds. The van der Waals surface area contributed by atoms with Crippen LogP contribution < -0.4 is 11.1 Å². The predicted molar refractivity (Wildman–Crippen MR) is 99.0 cm³/mol. The van der Waals surface area contributed by atoms with E-state index in [9.17, 15) is 19.2 Å². The zero-order valence-corrected chi connectivity index (χ0v) is 16.1. The number of esters is 1. The van der Waals surface area contributed by atoms with Crippen molar-refractivity contribution >= 4 is 28.9 Å². The van der Waals surface area contributed by atoms with Crippen LogP contribution in [0.1, 0.15) is 28.8 Å². The Bertz CT molecular complexity index is 873.